The maximum atomic E-state index is 12.9. The van der Waals surface area contributed by atoms with Crippen molar-refractivity contribution >= 4 is 23.2 Å². The minimum Gasteiger partial charge on any atom is -0.496 e. The second kappa shape index (κ2) is 8.02. The molecule has 2 aromatic carbocycles. The van der Waals surface area contributed by atoms with E-state index in [1.807, 2.05) is 0 Å². The summed E-state index contributed by atoms with van der Waals surface area (Å²) in [7, 11) is 1.53. The maximum absolute atomic E-state index is 12.9. The SMILES string of the molecule is COc1cc(N)c(Cl)cc1C(=O)NC1C[C@H]2CC[C@@H](C1)N2Cc1ccccc1. The average Bonchev–Trinajstić information content (AvgIpc) is 2.92. The lowest BCUT2D eigenvalue weighted by molar-refractivity contribution is 0.0825. The van der Waals surface area contributed by atoms with Gasteiger partial charge in [0.1, 0.15) is 5.75 Å². The van der Waals surface area contributed by atoms with E-state index in [1.54, 1.807) is 12.1 Å². The quantitative estimate of drug-likeness (QED) is 0.749. The molecule has 0 aliphatic carbocycles. The average molecular weight is 400 g/mol. The first-order valence-electron chi connectivity index (χ1n) is 9.78. The number of carbonyl (C=O) groups excluding carboxylic acids is 1. The van der Waals surface area contributed by atoms with Gasteiger partial charge in [-0.3, -0.25) is 9.69 Å². The highest BCUT2D eigenvalue weighted by atomic mass is 35.5. The molecule has 2 heterocycles. The number of anilines is 1. The number of nitrogens with two attached hydrogens (primary N) is 1. The number of methoxy groups -OCH3 is 1. The zero-order valence-corrected chi connectivity index (χ0v) is 16.8. The number of rotatable bonds is 5. The second-order valence-electron chi connectivity index (χ2n) is 7.76. The monoisotopic (exact) mass is 399 g/mol. The van der Waals surface area contributed by atoms with Crippen LogP contribution in [0.3, 0.4) is 0 Å². The molecule has 28 heavy (non-hydrogen) atoms. The molecule has 2 aliphatic heterocycles. The van der Waals surface area contributed by atoms with E-state index in [2.05, 4.69) is 40.5 Å². The Morgan fingerprint density at radius 3 is 2.54 bits per heavy atom. The molecule has 148 valence electrons. The number of piperidine rings is 1. The van der Waals surface area contributed by atoms with Gasteiger partial charge in [-0.05, 0) is 37.3 Å². The van der Waals surface area contributed by atoms with Gasteiger partial charge in [-0.1, -0.05) is 41.9 Å². The number of fused-ring (bicyclic) bond motifs is 2. The van der Waals surface area contributed by atoms with Crippen LogP contribution in [0.4, 0.5) is 5.69 Å². The van der Waals surface area contributed by atoms with Gasteiger partial charge in [-0.2, -0.15) is 0 Å². The number of hydrogen-bond donors (Lipinski definition) is 2. The summed E-state index contributed by atoms with van der Waals surface area (Å²) in [6, 6.07) is 15.0. The van der Waals surface area contributed by atoms with Crippen LogP contribution in [0, 0.1) is 0 Å². The summed E-state index contributed by atoms with van der Waals surface area (Å²) in [5.41, 5.74) is 8.01. The van der Waals surface area contributed by atoms with Crippen molar-refractivity contribution in [3.05, 3.63) is 58.6 Å². The van der Waals surface area contributed by atoms with E-state index in [9.17, 15) is 4.79 Å². The molecule has 0 spiro atoms. The van der Waals surface area contributed by atoms with E-state index in [4.69, 9.17) is 22.1 Å². The van der Waals surface area contributed by atoms with Crippen molar-refractivity contribution in [1.29, 1.82) is 0 Å². The highest BCUT2D eigenvalue weighted by molar-refractivity contribution is 6.33. The summed E-state index contributed by atoms with van der Waals surface area (Å²) in [6.07, 6.45) is 4.34. The molecule has 2 bridgehead atoms. The Bertz CT molecular complexity index is 844. The van der Waals surface area contributed by atoms with Crippen LogP contribution in [0.5, 0.6) is 5.75 Å². The number of nitrogens with zero attached hydrogens (tertiary/aromatic N) is 1. The molecule has 2 fully saturated rings. The van der Waals surface area contributed by atoms with Crippen molar-refractivity contribution < 1.29 is 9.53 Å². The molecule has 1 amide bonds. The molecule has 2 saturated heterocycles. The van der Waals surface area contributed by atoms with Crippen molar-refractivity contribution in [1.82, 2.24) is 10.2 Å². The third kappa shape index (κ3) is 3.82. The molecule has 1 unspecified atom stereocenters. The van der Waals surface area contributed by atoms with Crippen LogP contribution in [-0.2, 0) is 6.54 Å². The Morgan fingerprint density at radius 1 is 1.21 bits per heavy atom. The van der Waals surface area contributed by atoms with E-state index in [0.29, 0.717) is 34.1 Å². The molecule has 2 aromatic rings. The first kappa shape index (κ1) is 19.1. The van der Waals surface area contributed by atoms with Crippen molar-refractivity contribution in [3.63, 3.8) is 0 Å². The lowest BCUT2D eigenvalue weighted by Crippen LogP contribution is -2.50. The fourth-order valence-electron chi connectivity index (χ4n) is 4.62. The van der Waals surface area contributed by atoms with E-state index in [-0.39, 0.29) is 11.9 Å². The van der Waals surface area contributed by atoms with Gasteiger partial charge in [0.15, 0.2) is 0 Å². The second-order valence-corrected chi connectivity index (χ2v) is 8.17. The number of carbonyl (C=O) groups is 1. The van der Waals surface area contributed by atoms with Crippen molar-refractivity contribution in [2.45, 2.75) is 50.4 Å². The minimum absolute atomic E-state index is 0.153. The lowest BCUT2D eigenvalue weighted by Gasteiger charge is -2.39. The van der Waals surface area contributed by atoms with Gasteiger partial charge in [-0.25, -0.2) is 0 Å². The molecule has 4 rings (SSSR count). The van der Waals surface area contributed by atoms with Gasteiger partial charge in [-0.15, -0.1) is 0 Å². The van der Waals surface area contributed by atoms with Gasteiger partial charge in [0.05, 0.1) is 23.4 Å². The Hall–Kier alpha value is -2.24. The molecule has 0 saturated carbocycles. The fraction of sp³-hybridized carbons (Fsp3) is 0.409. The smallest absolute Gasteiger partial charge is 0.255 e. The summed E-state index contributed by atoms with van der Waals surface area (Å²) < 4.78 is 5.32. The lowest BCUT2D eigenvalue weighted by atomic mass is 9.96. The normalized spacial score (nSPS) is 24.1. The van der Waals surface area contributed by atoms with Crippen LogP contribution >= 0.6 is 11.6 Å². The highest BCUT2D eigenvalue weighted by Gasteiger charge is 2.41. The number of ether oxygens (including phenoxy) is 1. The first-order valence-corrected chi connectivity index (χ1v) is 10.2. The van der Waals surface area contributed by atoms with Gasteiger partial charge in [0.25, 0.3) is 5.91 Å². The predicted octanol–water partition coefficient (Wildman–Crippen LogP) is 3.86. The van der Waals surface area contributed by atoms with Gasteiger partial charge in [0, 0.05) is 30.7 Å². The number of halogens is 1. The van der Waals surface area contributed by atoms with Crippen LogP contribution in [-0.4, -0.2) is 36.0 Å². The highest BCUT2D eigenvalue weighted by Crippen LogP contribution is 2.37. The number of nitrogens with one attached hydrogen (secondary N) is 1. The molecule has 2 aliphatic rings. The molecular weight excluding hydrogens is 374 g/mol. The molecular formula is C22H26ClN3O2. The van der Waals surface area contributed by atoms with E-state index in [0.717, 1.165) is 19.4 Å². The van der Waals surface area contributed by atoms with Crippen LogP contribution in [0.15, 0.2) is 42.5 Å². The number of amides is 1. The van der Waals surface area contributed by atoms with Gasteiger partial charge in [0.2, 0.25) is 0 Å². The van der Waals surface area contributed by atoms with E-state index in [1.165, 1.54) is 25.5 Å². The van der Waals surface area contributed by atoms with Crippen LogP contribution in [0.25, 0.3) is 0 Å². The topological polar surface area (TPSA) is 67.6 Å². The molecule has 0 aromatic heterocycles. The summed E-state index contributed by atoms with van der Waals surface area (Å²) in [6.45, 7) is 0.984. The van der Waals surface area contributed by atoms with Gasteiger partial charge < -0.3 is 15.8 Å². The third-order valence-corrected chi connectivity index (χ3v) is 6.32. The zero-order chi connectivity index (χ0) is 19.7. The Kier molecular flexibility index (Phi) is 5.47. The summed E-state index contributed by atoms with van der Waals surface area (Å²) in [4.78, 5) is 15.5. The van der Waals surface area contributed by atoms with Crippen LogP contribution < -0.4 is 15.8 Å². The van der Waals surface area contributed by atoms with Crippen molar-refractivity contribution in [2.24, 2.45) is 0 Å². The molecule has 5 nitrogen and oxygen atoms in total. The van der Waals surface area contributed by atoms with Crippen molar-refractivity contribution in [2.75, 3.05) is 12.8 Å². The number of hydrogen-bond acceptors (Lipinski definition) is 4. The fourth-order valence-corrected chi connectivity index (χ4v) is 4.79. The molecule has 0 radical (unpaired) electrons. The number of nitrogen functional groups attached to an aromatic ring is 1. The predicted molar refractivity (Wildman–Crippen MR) is 112 cm³/mol. The Labute approximate surface area is 170 Å². The van der Waals surface area contributed by atoms with Crippen LogP contribution in [0.1, 0.15) is 41.6 Å². The van der Waals surface area contributed by atoms with E-state index < -0.39 is 0 Å². The largest absolute Gasteiger partial charge is 0.496 e. The molecule has 3 N–H and O–H groups in total. The van der Waals surface area contributed by atoms with E-state index >= 15 is 0 Å². The van der Waals surface area contributed by atoms with Gasteiger partial charge >= 0.3 is 0 Å². The molecule has 3 atom stereocenters. The standard InChI is InChI=1S/C22H26ClN3O2/c1-28-21-12-20(24)19(23)11-18(21)22(27)25-15-9-16-7-8-17(10-15)26(16)13-14-5-3-2-4-6-14/h2-6,11-12,15-17H,7-10,13,24H2,1H3,(H,25,27)/t15?,16-,17+. The number of benzene rings is 2. The van der Waals surface area contributed by atoms with Crippen LogP contribution in [0.2, 0.25) is 5.02 Å². The summed E-state index contributed by atoms with van der Waals surface area (Å²) in [5.74, 6) is 0.295. The van der Waals surface area contributed by atoms with Crippen molar-refractivity contribution in [3.8, 4) is 5.75 Å². The minimum atomic E-state index is -0.153. The third-order valence-electron chi connectivity index (χ3n) is 5.99. The summed E-state index contributed by atoms with van der Waals surface area (Å²) in [5, 5.41) is 3.56. The first-order chi connectivity index (χ1) is 13.5. The Balaban J connectivity index is 1.43. The molecule has 6 heteroatoms. The Morgan fingerprint density at radius 2 is 1.89 bits per heavy atom. The zero-order valence-electron chi connectivity index (χ0n) is 16.0. The summed E-state index contributed by atoms with van der Waals surface area (Å²) >= 11 is 6.11. The maximum Gasteiger partial charge on any atom is 0.255 e.